The molecule has 0 aliphatic rings. The normalized spacial score (nSPS) is 10.0. The number of nitrogens with zero attached hydrogens (tertiary/aromatic N) is 1. The van der Waals surface area contributed by atoms with Crippen molar-refractivity contribution in [3.05, 3.63) is 60.4 Å². The van der Waals surface area contributed by atoms with E-state index in [1.165, 1.54) is 17.0 Å². The molecule has 0 radical (unpaired) electrons. The Morgan fingerprint density at radius 3 is 2.21 bits per heavy atom. The van der Waals surface area contributed by atoms with Crippen LogP contribution in [0.3, 0.4) is 0 Å². The molecule has 3 nitrogen and oxygen atoms in total. The summed E-state index contributed by atoms with van der Waals surface area (Å²) in [6, 6.07) is 14.8. The van der Waals surface area contributed by atoms with Crippen molar-refractivity contribution in [2.75, 3.05) is 11.5 Å². The van der Waals surface area contributed by atoms with Crippen LogP contribution in [0.15, 0.2) is 54.6 Å². The molecule has 0 spiro atoms. The average Bonchev–Trinajstić information content (AvgIpc) is 2.43. The Morgan fingerprint density at radius 1 is 1.05 bits per heavy atom. The van der Waals surface area contributed by atoms with Crippen LogP contribution in [0.1, 0.15) is 6.92 Å². The van der Waals surface area contributed by atoms with E-state index in [1.54, 1.807) is 31.2 Å². The molecule has 4 heteroatoms. The Bertz CT molecular complexity index is 540. The Kier molecular flexibility index (Phi) is 4.13. The van der Waals surface area contributed by atoms with Crippen LogP contribution in [-0.2, 0) is 4.74 Å². The van der Waals surface area contributed by atoms with Gasteiger partial charge in [-0.1, -0.05) is 18.2 Å². The molecule has 0 unspecified atom stereocenters. The summed E-state index contributed by atoms with van der Waals surface area (Å²) in [5.74, 6) is -0.347. The van der Waals surface area contributed by atoms with Gasteiger partial charge in [-0.05, 0) is 43.3 Å². The lowest BCUT2D eigenvalue weighted by molar-refractivity contribution is 0.162. The number of para-hydroxylation sites is 1. The largest absolute Gasteiger partial charge is 0.449 e. The predicted molar refractivity (Wildman–Crippen MR) is 72.0 cm³/mol. The van der Waals surface area contributed by atoms with Gasteiger partial charge in [0.05, 0.1) is 18.0 Å². The zero-order chi connectivity index (χ0) is 13.7. The number of hydrogen-bond donors (Lipinski definition) is 0. The topological polar surface area (TPSA) is 29.5 Å². The van der Waals surface area contributed by atoms with Crippen molar-refractivity contribution in [2.24, 2.45) is 0 Å². The first-order valence-corrected chi connectivity index (χ1v) is 6.00. The summed E-state index contributed by atoms with van der Waals surface area (Å²) < 4.78 is 18.0. The number of ether oxygens (including phenoxy) is 1. The minimum Gasteiger partial charge on any atom is -0.449 e. The first-order chi connectivity index (χ1) is 9.22. The van der Waals surface area contributed by atoms with Gasteiger partial charge < -0.3 is 4.74 Å². The van der Waals surface area contributed by atoms with Crippen LogP contribution in [0.2, 0.25) is 0 Å². The van der Waals surface area contributed by atoms with Gasteiger partial charge in [-0.3, -0.25) is 0 Å². The zero-order valence-corrected chi connectivity index (χ0v) is 10.5. The maximum atomic E-state index is 13.0. The molecule has 2 aromatic rings. The molecule has 0 heterocycles. The van der Waals surface area contributed by atoms with Crippen molar-refractivity contribution in [1.29, 1.82) is 0 Å². The zero-order valence-electron chi connectivity index (χ0n) is 10.5. The Hall–Kier alpha value is -2.36. The number of rotatable bonds is 3. The van der Waals surface area contributed by atoms with Crippen molar-refractivity contribution < 1.29 is 13.9 Å². The van der Waals surface area contributed by atoms with E-state index >= 15 is 0 Å². The Morgan fingerprint density at radius 2 is 1.63 bits per heavy atom. The van der Waals surface area contributed by atoms with E-state index in [0.29, 0.717) is 11.4 Å². The van der Waals surface area contributed by atoms with Crippen molar-refractivity contribution in [2.45, 2.75) is 6.92 Å². The molecular formula is C15H14FNO2. The number of anilines is 2. The van der Waals surface area contributed by atoms with Crippen LogP contribution in [0.5, 0.6) is 0 Å². The standard InChI is InChI=1S/C15H14FNO2/c1-2-19-15(18)17(13-6-4-3-5-7-13)14-10-8-12(16)9-11-14/h3-11H,2H2,1H3. The summed E-state index contributed by atoms with van der Waals surface area (Å²) in [4.78, 5) is 13.4. The average molecular weight is 259 g/mol. The molecule has 0 fully saturated rings. The van der Waals surface area contributed by atoms with E-state index in [4.69, 9.17) is 4.74 Å². The maximum Gasteiger partial charge on any atom is 0.418 e. The third-order valence-corrected chi connectivity index (χ3v) is 2.55. The SMILES string of the molecule is CCOC(=O)N(c1ccccc1)c1ccc(F)cc1. The van der Waals surface area contributed by atoms with Gasteiger partial charge in [-0.15, -0.1) is 0 Å². The minimum absolute atomic E-state index is 0.281. The summed E-state index contributed by atoms with van der Waals surface area (Å²) >= 11 is 0. The highest BCUT2D eigenvalue weighted by Crippen LogP contribution is 2.26. The molecule has 0 saturated heterocycles. The molecule has 0 aliphatic carbocycles. The van der Waals surface area contributed by atoms with Gasteiger partial charge >= 0.3 is 6.09 Å². The second-order valence-corrected chi connectivity index (χ2v) is 3.85. The molecular weight excluding hydrogens is 245 g/mol. The Labute approximate surface area is 111 Å². The molecule has 2 aromatic carbocycles. The summed E-state index contributed by atoms with van der Waals surface area (Å²) in [5, 5.41) is 0. The second kappa shape index (κ2) is 6.00. The summed E-state index contributed by atoms with van der Waals surface area (Å²) in [6.07, 6.45) is -0.486. The lowest BCUT2D eigenvalue weighted by Crippen LogP contribution is -2.26. The summed E-state index contributed by atoms with van der Waals surface area (Å²) in [7, 11) is 0. The lowest BCUT2D eigenvalue weighted by atomic mass is 10.2. The van der Waals surface area contributed by atoms with Crippen molar-refractivity contribution in [3.8, 4) is 0 Å². The van der Waals surface area contributed by atoms with E-state index in [2.05, 4.69) is 0 Å². The van der Waals surface area contributed by atoms with Gasteiger partial charge in [0.25, 0.3) is 0 Å². The quantitative estimate of drug-likeness (QED) is 0.829. The summed E-state index contributed by atoms with van der Waals surface area (Å²) in [5.41, 5.74) is 1.23. The molecule has 19 heavy (non-hydrogen) atoms. The molecule has 2 rings (SSSR count). The molecule has 1 amide bonds. The van der Waals surface area contributed by atoms with E-state index in [-0.39, 0.29) is 12.4 Å². The molecule has 0 bridgehead atoms. The number of carbonyl (C=O) groups is 1. The minimum atomic E-state index is -0.486. The number of benzene rings is 2. The van der Waals surface area contributed by atoms with Crippen LogP contribution in [0, 0.1) is 5.82 Å². The van der Waals surface area contributed by atoms with E-state index in [0.717, 1.165) is 0 Å². The van der Waals surface area contributed by atoms with E-state index < -0.39 is 6.09 Å². The summed E-state index contributed by atoms with van der Waals surface area (Å²) in [6.45, 7) is 2.02. The van der Waals surface area contributed by atoms with Crippen molar-refractivity contribution in [1.82, 2.24) is 0 Å². The molecule has 0 N–H and O–H groups in total. The highest BCUT2D eigenvalue weighted by Gasteiger charge is 2.18. The number of hydrogen-bond acceptors (Lipinski definition) is 2. The number of amides is 1. The molecule has 98 valence electrons. The van der Waals surface area contributed by atoms with Gasteiger partial charge in [-0.2, -0.15) is 0 Å². The monoisotopic (exact) mass is 259 g/mol. The van der Waals surface area contributed by atoms with Crippen LogP contribution >= 0.6 is 0 Å². The van der Waals surface area contributed by atoms with Gasteiger partial charge in [0.15, 0.2) is 0 Å². The van der Waals surface area contributed by atoms with Gasteiger partial charge in [0, 0.05) is 0 Å². The molecule has 0 saturated carbocycles. The Balaban J connectivity index is 2.40. The third-order valence-electron chi connectivity index (χ3n) is 2.55. The number of halogens is 1. The maximum absolute atomic E-state index is 13.0. The van der Waals surface area contributed by atoms with Gasteiger partial charge in [0.2, 0.25) is 0 Å². The highest BCUT2D eigenvalue weighted by atomic mass is 19.1. The first kappa shape index (κ1) is 13.1. The fourth-order valence-corrected chi connectivity index (χ4v) is 1.72. The van der Waals surface area contributed by atoms with E-state index in [1.807, 2.05) is 18.2 Å². The fourth-order valence-electron chi connectivity index (χ4n) is 1.72. The molecule has 0 aromatic heterocycles. The van der Waals surface area contributed by atoms with Crippen molar-refractivity contribution in [3.63, 3.8) is 0 Å². The van der Waals surface area contributed by atoms with Gasteiger partial charge in [-0.25, -0.2) is 14.1 Å². The van der Waals surface area contributed by atoms with Crippen LogP contribution in [-0.4, -0.2) is 12.7 Å². The highest BCUT2D eigenvalue weighted by molar-refractivity contribution is 5.95. The van der Waals surface area contributed by atoms with E-state index in [9.17, 15) is 9.18 Å². The second-order valence-electron chi connectivity index (χ2n) is 3.85. The molecule has 0 aliphatic heterocycles. The van der Waals surface area contributed by atoms with Gasteiger partial charge in [0.1, 0.15) is 5.82 Å². The third kappa shape index (κ3) is 3.10. The smallest absolute Gasteiger partial charge is 0.418 e. The fraction of sp³-hybridized carbons (Fsp3) is 0.133. The lowest BCUT2D eigenvalue weighted by Gasteiger charge is -2.22. The first-order valence-electron chi connectivity index (χ1n) is 6.00. The van der Waals surface area contributed by atoms with Crippen LogP contribution in [0.25, 0.3) is 0 Å². The number of carbonyl (C=O) groups excluding carboxylic acids is 1. The molecule has 0 atom stereocenters. The van der Waals surface area contributed by atoms with Crippen molar-refractivity contribution >= 4 is 17.5 Å². The van der Waals surface area contributed by atoms with Crippen LogP contribution < -0.4 is 4.90 Å². The van der Waals surface area contributed by atoms with Crippen LogP contribution in [0.4, 0.5) is 20.6 Å². The predicted octanol–water partition coefficient (Wildman–Crippen LogP) is 4.12.